The van der Waals surface area contributed by atoms with Gasteiger partial charge in [0.05, 0.1) is 0 Å². The minimum atomic E-state index is -0.148. The average Bonchev–Trinajstić information content (AvgIpc) is 3.63. The third kappa shape index (κ3) is 21.2. The predicted molar refractivity (Wildman–Crippen MR) is 224 cm³/mol. The van der Waals surface area contributed by atoms with Gasteiger partial charge in [-0.3, -0.25) is 34.3 Å². The smallest absolute Gasteiger partial charge is 0.233 e. The Balaban J connectivity index is 0.000000505. The Morgan fingerprint density at radius 3 is 1.15 bits per heavy atom. The molecule has 4 amide bonds. The second-order valence-electron chi connectivity index (χ2n) is 17.9. The van der Waals surface area contributed by atoms with Gasteiger partial charge in [-0.2, -0.15) is 0 Å². The fourth-order valence-electron chi connectivity index (χ4n) is 8.48. The van der Waals surface area contributed by atoms with Gasteiger partial charge in [-0.1, -0.05) is 175 Å². The zero-order chi connectivity index (χ0) is 39.5. The molecule has 3 aliphatic rings. The van der Waals surface area contributed by atoms with Gasteiger partial charge < -0.3 is 0 Å². The summed E-state index contributed by atoms with van der Waals surface area (Å²) in [4.78, 5) is 50.2. The van der Waals surface area contributed by atoms with Gasteiger partial charge in [0.15, 0.2) is 0 Å². The molecule has 0 radical (unpaired) electrons. The minimum Gasteiger partial charge on any atom is -0.296 e. The van der Waals surface area contributed by atoms with E-state index in [0.29, 0.717) is 19.3 Å². The number of piperidine rings is 1. The second-order valence-corrected chi connectivity index (χ2v) is 17.9. The number of hydrogen-bond acceptors (Lipinski definition) is 5. The molecule has 0 aromatic rings. The van der Waals surface area contributed by atoms with Gasteiger partial charge in [0.2, 0.25) is 23.6 Å². The molecule has 3 rings (SSSR count). The van der Waals surface area contributed by atoms with E-state index < -0.39 is 0 Å². The molecule has 0 saturated carbocycles. The molecule has 0 spiro atoms. The fourth-order valence-corrected chi connectivity index (χ4v) is 8.48. The number of nitrogens with zero attached hydrogens (tertiary/aromatic N) is 2. The Morgan fingerprint density at radius 2 is 0.849 bits per heavy atom. The van der Waals surface area contributed by atoms with Crippen LogP contribution in [0, 0.1) is 5.92 Å². The molecular weight excluding hydrogens is 659 g/mol. The molecule has 3 heterocycles. The van der Waals surface area contributed by atoms with Gasteiger partial charge in [0, 0.05) is 42.3 Å². The quantitative estimate of drug-likeness (QED) is 0.0742. The largest absolute Gasteiger partial charge is 0.296 e. The van der Waals surface area contributed by atoms with Crippen LogP contribution in [0.15, 0.2) is 0 Å². The average molecular weight is 746 g/mol. The van der Waals surface area contributed by atoms with Gasteiger partial charge in [-0.15, -0.1) is 0 Å². The summed E-state index contributed by atoms with van der Waals surface area (Å²) in [6.07, 6.45) is 37.3. The molecular formula is C46H87N3O4. The van der Waals surface area contributed by atoms with Crippen molar-refractivity contribution >= 4 is 23.6 Å². The van der Waals surface area contributed by atoms with Crippen molar-refractivity contribution in [2.75, 3.05) is 7.05 Å². The van der Waals surface area contributed by atoms with Gasteiger partial charge >= 0.3 is 0 Å². The molecule has 310 valence electrons. The number of amides is 4. The molecule has 3 fully saturated rings. The molecule has 0 aromatic carbocycles. The number of imide groups is 2. The molecule has 1 N–H and O–H groups in total. The lowest BCUT2D eigenvalue weighted by atomic mass is 9.77. The molecule has 0 aliphatic carbocycles. The van der Waals surface area contributed by atoms with Crippen molar-refractivity contribution < 1.29 is 19.2 Å². The second kappa shape index (κ2) is 28.6. The first kappa shape index (κ1) is 49.3. The van der Waals surface area contributed by atoms with E-state index in [2.05, 4.69) is 65.7 Å². The van der Waals surface area contributed by atoms with Crippen molar-refractivity contribution in [3.63, 3.8) is 0 Å². The van der Waals surface area contributed by atoms with E-state index in [1.54, 1.807) is 4.90 Å². The van der Waals surface area contributed by atoms with Crippen LogP contribution in [0.25, 0.3) is 0 Å². The van der Waals surface area contributed by atoms with Crippen LogP contribution in [0.1, 0.15) is 241 Å². The summed E-state index contributed by atoms with van der Waals surface area (Å²) >= 11 is 0. The van der Waals surface area contributed by atoms with E-state index in [1.807, 2.05) is 0 Å². The van der Waals surface area contributed by atoms with Crippen LogP contribution in [-0.4, -0.2) is 57.6 Å². The van der Waals surface area contributed by atoms with E-state index in [4.69, 9.17) is 0 Å². The van der Waals surface area contributed by atoms with Gasteiger partial charge in [-0.25, -0.2) is 0 Å². The number of carbonyl (C=O) groups excluding carboxylic acids is 4. The summed E-state index contributed by atoms with van der Waals surface area (Å²) in [6.45, 7) is 15.8. The summed E-state index contributed by atoms with van der Waals surface area (Å²) < 4.78 is 0. The lowest BCUT2D eigenvalue weighted by molar-refractivity contribution is -0.147. The molecule has 0 aromatic heterocycles. The Morgan fingerprint density at radius 1 is 0.528 bits per heavy atom. The highest BCUT2D eigenvalue weighted by atomic mass is 16.2. The number of likely N-dealkylation sites (tertiary alicyclic amines) is 2. The Hall–Kier alpha value is -1.76. The van der Waals surface area contributed by atoms with E-state index >= 15 is 0 Å². The van der Waals surface area contributed by atoms with Crippen LogP contribution >= 0.6 is 0 Å². The molecule has 3 aliphatic heterocycles. The maximum Gasteiger partial charge on any atom is 0.233 e. The lowest BCUT2D eigenvalue weighted by Crippen LogP contribution is -2.63. The van der Waals surface area contributed by atoms with Crippen LogP contribution in [0.4, 0.5) is 0 Å². The highest BCUT2D eigenvalue weighted by Gasteiger charge is 2.50. The highest BCUT2D eigenvalue weighted by Crippen LogP contribution is 2.41. The molecule has 7 nitrogen and oxygen atoms in total. The van der Waals surface area contributed by atoms with Crippen molar-refractivity contribution in [1.29, 1.82) is 0 Å². The van der Waals surface area contributed by atoms with Crippen LogP contribution in [0.2, 0.25) is 0 Å². The number of rotatable bonds is 25. The molecule has 1 unspecified atom stereocenters. The summed E-state index contributed by atoms with van der Waals surface area (Å²) in [5.74, 6) is -0.192. The SMILES string of the molecule is CCCCCCCCCCCCC1CC(=O)N(C2CC(C)(C)N(C)C(C)(C)C2)C1=O.CCCCCCCCCCCCCCCC.O=C1CCC(=O)N1. The maximum absolute atomic E-state index is 13.1. The Bertz CT molecular complexity index is 963. The third-order valence-electron chi connectivity index (χ3n) is 12.1. The van der Waals surface area contributed by atoms with Crippen LogP contribution in [0.3, 0.4) is 0 Å². The van der Waals surface area contributed by atoms with Crippen molar-refractivity contribution in [3.05, 3.63) is 0 Å². The Labute approximate surface area is 328 Å². The summed E-state index contributed by atoms with van der Waals surface area (Å²) in [5, 5.41) is 2.14. The van der Waals surface area contributed by atoms with Gasteiger partial charge in [-0.05, 0) is 54.0 Å². The van der Waals surface area contributed by atoms with Gasteiger partial charge in [0.1, 0.15) is 0 Å². The normalized spacial score (nSPS) is 19.9. The highest BCUT2D eigenvalue weighted by molar-refractivity contribution is 6.04. The topological polar surface area (TPSA) is 86.8 Å². The van der Waals surface area contributed by atoms with Crippen LogP contribution in [0.5, 0.6) is 0 Å². The first-order chi connectivity index (χ1) is 25.3. The molecule has 1 atom stereocenters. The molecule has 7 heteroatoms. The maximum atomic E-state index is 13.1. The van der Waals surface area contributed by atoms with Crippen molar-refractivity contribution in [2.45, 2.75) is 258 Å². The fraction of sp³-hybridized carbons (Fsp3) is 0.913. The Kier molecular flexibility index (Phi) is 26.6. The monoisotopic (exact) mass is 746 g/mol. The summed E-state index contributed by atoms with van der Waals surface area (Å²) in [5.41, 5.74) is -0.0246. The van der Waals surface area contributed by atoms with Crippen molar-refractivity contribution in [2.24, 2.45) is 5.92 Å². The zero-order valence-electron chi connectivity index (χ0n) is 36.4. The zero-order valence-corrected chi connectivity index (χ0v) is 36.4. The first-order valence-electron chi connectivity index (χ1n) is 22.7. The predicted octanol–water partition coefficient (Wildman–Crippen LogP) is 12.2. The minimum absolute atomic E-state index is 0.0123. The van der Waals surface area contributed by atoms with Crippen LogP contribution in [-0.2, 0) is 19.2 Å². The number of hydrogen-bond donors (Lipinski definition) is 1. The van der Waals surface area contributed by atoms with Gasteiger partial charge in [0.25, 0.3) is 0 Å². The lowest BCUT2D eigenvalue weighted by Gasteiger charge is -2.54. The molecule has 3 saturated heterocycles. The number of carbonyl (C=O) groups is 4. The van der Waals surface area contributed by atoms with E-state index in [0.717, 1.165) is 25.7 Å². The third-order valence-corrected chi connectivity index (χ3v) is 12.1. The van der Waals surface area contributed by atoms with Crippen LogP contribution < -0.4 is 5.32 Å². The van der Waals surface area contributed by atoms with Crippen molar-refractivity contribution in [1.82, 2.24) is 15.1 Å². The number of nitrogens with one attached hydrogen (secondary N) is 1. The van der Waals surface area contributed by atoms with Crippen molar-refractivity contribution in [3.8, 4) is 0 Å². The molecule has 53 heavy (non-hydrogen) atoms. The standard InChI is InChI=1S/C26H48N2O2.C16H34.C4H5NO2/c1-7-8-9-10-11-12-13-14-15-16-17-21-18-23(29)28(24(21)30)22-19-25(2,3)27(6)26(4,5)20-22;1-3-5-7-9-11-13-15-16-14-12-10-8-6-4-2;6-3-1-2-4(7)5-3/h21-22H,7-20H2,1-6H3;3-16H2,1-2H3;1-2H2,(H,5,6,7). The number of unbranched alkanes of at least 4 members (excludes halogenated alkanes) is 22. The van der Waals surface area contributed by atoms with E-state index in [-0.39, 0.29) is 46.7 Å². The summed E-state index contributed by atoms with van der Waals surface area (Å²) in [7, 11) is 2.16. The van der Waals surface area contributed by atoms with E-state index in [1.165, 1.54) is 148 Å². The summed E-state index contributed by atoms with van der Waals surface area (Å²) in [6, 6.07) is 0.0453. The molecule has 0 bridgehead atoms. The van der Waals surface area contributed by atoms with E-state index in [9.17, 15) is 19.2 Å². The first-order valence-corrected chi connectivity index (χ1v) is 22.7.